The van der Waals surface area contributed by atoms with Gasteiger partial charge in [0.1, 0.15) is 5.52 Å². The molecule has 0 N–H and O–H groups in total. The van der Waals surface area contributed by atoms with Crippen LogP contribution in [0, 0.1) is 5.21 Å². The molecule has 62 valence electrons. The number of hydrogen-bond acceptors (Lipinski definition) is 2. The Morgan fingerprint density at radius 3 is 2.83 bits per heavy atom. The first-order valence-electron chi connectivity index (χ1n) is 3.18. The number of halogens is 2. The first-order chi connectivity index (χ1) is 5.70. The van der Waals surface area contributed by atoms with E-state index in [0.717, 1.165) is 6.33 Å². The molecular weight excluding hydrogens is 199 g/mol. The average molecular weight is 202 g/mol. The molecule has 1 aromatic heterocycles. The molecule has 0 amide bonds. The standard InChI is InChI=1S/C7H3Cl2N2O/c8-4-1-2-5-7(6(4)9)10-3-11(5)12/h1-3H/q-1. The highest BCUT2D eigenvalue weighted by Crippen LogP contribution is 2.29. The summed E-state index contributed by atoms with van der Waals surface area (Å²) >= 11 is 11.5. The van der Waals surface area contributed by atoms with Crippen molar-refractivity contribution < 1.29 is 0 Å². The summed E-state index contributed by atoms with van der Waals surface area (Å²) in [5.74, 6) is 0. The van der Waals surface area contributed by atoms with E-state index in [1.54, 1.807) is 12.1 Å². The van der Waals surface area contributed by atoms with Crippen LogP contribution in [0.15, 0.2) is 18.5 Å². The van der Waals surface area contributed by atoms with Crippen LogP contribution in [-0.2, 0) is 0 Å². The summed E-state index contributed by atoms with van der Waals surface area (Å²) in [7, 11) is 0. The second kappa shape index (κ2) is 2.54. The molecule has 0 fully saturated rings. The minimum absolute atomic E-state index is 0.323. The Labute approximate surface area is 78.1 Å². The van der Waals surface area contributed by atoms with Crippen LogP contribution in [0.1, 0.15) is 0 Å². The van der Waals surface area contributed by atoms with Gasteiger partial charge in [0.2, 0.25) is 0 Å². The van der Waals surface area contributed by atoms with E-state index in [1.165, 1.54) is 0 Å². The number of benzene rings is 1. The van der Waals surface area contributed by atoms with Gasteiger partial charge in [-0.1, -0.05) is 23.2 Å². The third-order valence-electron chi connectivity index (χ3n) is 1.58. The molecule has 0 aliphatic carbocycles. The smallest absolute Gasteiger partial charge is 0.108 e. The Kier molecular flexibility index (Phi) is 1.63. The van der Waals surface area contributed by atoms with Gasteiger partial charge in [0.15, 0.2) is 0 Å². The third kappa shape index (κ3) is 0.940. The summed E-state index contributed by atoms with van der Waals surface area (Å²) in [6.45, 7) is 0. The highest BCUT2D eigenvalue weighted by Gasteiger charge is 2.05. The molecule has 0 spiro atoms. The predicted octanol–water partition coefficient (Wildman–Crippen LogP) is 2.69. The molecule has 0 saturated carbocycles. The van der Waals surface area contributed by atoms with Crippen molar-refractivity contribution in [2.45, 2.75) is 0 Å². The van der Waals surface area contributed by atoms with E-state index < -0.39 is 0 Å². The van der Waals surface area contributed by atoms with Crippen molar-refractivity contribution in [2.24, 2.45) is 0 Å². The third-order valence-corrected chi connectivity index (χ3v) is 2.37. The number of rotatable bonds is 0. The van der Waals surface area contributed by atoms with Gasteiger partial charge in [0.25, 0.3) is 0 Å². The van der Waals surface area contributed by atoms with Gasteiger partial charge in [0, 0.05) is 0 Å². The molecular formula is C7H3Cl2N2O-. The van der Waals surface area contributed by atoms with Crippen molar-refractivity contribution in [3.63, 3.8) is 0 Å². The quantitative estimate of drug-likeness (QED) is 0.658. The molecule has 0 bridgehead atoms. The van der Waals surface area contributed by atoms with Crippen LogP contribution in [0.2, 0.25) is 10.0 Å². The largest absolute Gasteiger partial charge is 0.805 e. The SMILES string of the molecule is [O-]n1cnc2c(Cl)c(Cl)ccc21. The normalized spacial score (nSPS) is 10.8. The summed E-state index contributed by atoms with van der Waals surface area (Å²) < 4.78 is 0.650. The summed E-state index contributed by atoms with van der Waals surface area (Å²) in [6.07, 6.45) is 1.16. The van der Waals surface area contributed by atoms with Crippen molar-refractivity contribution in [1.29, 1.82) is 0 Å². The lowest BCUT2D eigenvalue weighted by Crippen LogP contribution is -1.80. The van der Waals surface area contributed by atoms with Crippen LogP contribution in [0.5, 0.6) is 0 Å². The maximum atomic E-state index is 11.0. The number of fused-ring (bicyclic) bond motifs is 1. The molecule has 0 aliphatic heterocycles. The molecule has 12 heavy (non-hydrogen) atoms. The van der Waals surface area contributed by atoms with Gasteiger partial charge in [-0.3, -0.25) is 0 Å². The Bertz CT molecular complexity index is 438. The highest BCUT2D eigenvalue weighted by atomic mass is 35.5. The summed E-state index contributed by atoms with van der Waals surface area (Å²) in [6, 6.07) is 3.16. The summed E-state index contributed by atoms with van der Waals surface area (Å²) in [5, 5.41) is 11.7. The molecule has 1 heterocycles. The fourth-order valence-electron chi connectivity index (χ4n) is 1.00. The fourth-order valence-corrected chi connectivity index (χ4v) is 1.36. The van der Waals surface area contributed by atoms with Crippen molar-refractivity contribution in [3.8, 4) is 0 Å². The van der Waals surface area contributed by atoms with E-state index in [9.17, 15) is 5.21 Å². The van der Waals surface area contributed by atoms with E-state index >= 15 is 0 Å². The average Bonchev–Trinajstić information content (AvgIpc) is 2.41. The molecule has 1 aromatic carbocycles. The monoisotopic (exact) mass is 201 g/mol. The maximum Gasteiger partial charge on any atom is 0.108 e. The van der Waals surface area contributed by atoms with Gasteiger partial charge >= 0.3 is 0 Å². The molecule has 3 nitrogen and oxygen atoms in total. The van der Waals surface area contributed by atoms with Crippen LogP contribution >= 0.6 is 23.2 Å². The Morgan fingerprint density at radius 1 is 1.33 bits per heavy atom. The first kappa shape index (κ1) is 7.71. The number of nitrogens with zero attached hydrogens (tertiary/aromatic N) is 2. The Hall–Kier alpha value is -0.930. The molecule has 0 radical (unpaired) electrons. The predicted molar refractivity (Wildman–Crippen MR) is 48.5 cm³/mol. The van der Waals surface area contributed by atoms with E-state index in [2.05, 4.69) is 4.98 Å². The Morgan fingerprint density at radius 2 is 2.08 bits per heavy atom. The lowest BCUT2D eigenvalue weighted by Gasteiger charge is -2.05. The molecule has 2 rings (SSSR count). The molecule has 2 aromatic rings. The van der Waals surface area contributed by atoms with Gasteiger partial charge in [-0.25, -0.2) is 4.98 Å². The van der Waals surface area contributed by atoms with Crippen LogP contribution in [0.3, 0.4) is 0 Å². The van der Waals surface area contributed by atoms with Crippen molar-refractivity contribution in [1.82, 2.24) is 9.71 Å². The lowest BCUT2D eigenvalue weighted by atomic mass is 10.3. The van der Waals surface area contributed by atoms with Crippen LogP contribution in [0.25, 0.3) is 11.0 Å². The van der Waals surface area contributed by atoms with Gasteiger partial charge in [0.05, 0.1) is 21.9 Å². The maximum absolute atomic E-state index is 11.0. The highest BCUT2D eigenvalue weighted by molar-refractivity contribution is 6.44. The number of imidazole rings is 1. The minimum Gasteiger partial charge on any atom is -0.805 e. The van der Waals surface area contributed by atoms with Crippen LogP contribution in [-0.4, -0.2) is 9.71 Å². The second-order valence-electron chi connectivity index (χ2n) is 2.30. The van der Waals surface area contributed by atoms with Crippen molar-refractivity contribution in [2.75, 3.05) is 0 Å². The minimum atomic E-state index is 0.323. The van der Waals surface area contributed by atoms with E-state index in [1.807, 2.05) is 0 Å². The van der Waals surface area contributed by atoms with Gasteiger partial charge < -0.3 is 9.94 Å². The molecule has 0 unspecified atom stereocenters. The second-order valence-corrected chi connectivity index (χ2v) is 3.08. The van der Waals surface area contributed by atoms with E-state index in [4.69, 9.17) is 23.2 Å². The van der Waals surface area contributed by atoms with Gasteiger partial charge in [-0.15, -0.1) is 0 Å². The zero-order valence-corrected chi connectivity index (χ0v) is 7.30. The van der Waals surface area contributed by atoms with Crippen molar-refractivity contribution in [3.05, 3.63) is 33.7 Å². The molecule has 0 aliphatic rings. The van der Waals surface area contributed by atoms with Crippen LogP contribution in [0.4, 0.5) is 0 Å². The van der Waals surface area contributed by atoms with E-state index in [0.29, 0.717) is 25.8 Å². The topological polar surface area (TPSA) is 40.9 Å². The van der Waals surface area contributed by atoms with Gasteiger partial charge in [-0.2, -0.15) is 0 Å². The lowest BCUT2D eigenvalue weighted by molar-refractivity contribution is 1.11. The molecule has 0 atom stereocenters. The zero-order chi connectivity index (χ0) is 8.72. The van der Waals surface area contributed by atoms with Crippen molar-refractivity contribution >= 4 is 34.2 Å². The fraction of sp³-hybridized carbons (Fsp3) is 0. The Balaban J connectivity index is 2.93. The zero-order valence-electron chi connectivity index (χ0n) is 5.79. The number of hydrogen-bond donors (Lipinski definition) is 0. The summed E-state index contributed by atoms with van der Waals surface area (Å²) in [4.78, 5) is 3.81. The molecule has 5 heteroatoms. The molecule has 0 saturated heterocycles. The van der Waals surface area contributed by atoms with Crippen LogP contribution < -0.4 is 0 Å². The van der Waals surface area contributed by atoms with E-state index in [-0.39, 0.29) is 0 Å². The van der Waals surface area contributed by atoms with Gasteiger partial charge in [-0.05, 0) is 12.1 Å². The number of aromatic nitrogens is 2. The first-order valence-corrected chi connectivity index (χ1v) is 3.94. The summed E-state index contributed by atoms with van der Waals surface area (Å²) in [5.41, 5.74) is 0.878.